The predicted molar refractivity (Wildman–Crippen MR) is 102 cm³/mol. The van der Waals surface area contributed by atoms with Crippen molar-refractivity contribution in [3.05, 3.63) is 29.8 Å². The van der Waals surface area contributed by atoms with Gasteiger partial charge < -0.3 is 19.5 Å². The van der Waals surface area contributed by atoms with Crippen molar-refractivity contribution < 1.29 is 19.4 Å². The molecule has 1 saturated heterocycles. The second kappa shape index (κ2) is 6.78. The van der Waals surface area contributed by atoms with E-state index < -0.39 is 5.60 Å². The molecule has 5 heteroatoms. The minimum Gasteiger partial charge on any atom is -0.491 e. The molecular weight excluding hydrogens is 342 g/mol. The van der Waals surface area contributed by atoms with Gasteiger partial charge in [0.1, 0.15) is 18.5 Å². The summed E-state index contributed by atoms with van der Waals surface area (Å²) in [4.78, 5) is 15.1. The van der Waals surface area contributed by atoms with Crippen molar-refractivity contribution in [2.45, 2.75) is 64.2 Å². The molecule has 2 heterocycles. The fourth-order valence-electron chi connectivity index (χ4n) is 4.57. The van der Waals surface area contributed by atoms with Gasteiger partial charge in [-0.25, -0.2) is 0 Å². The summed E-state index contributed by atoms with van der Waals surface area (Å²) < 4.78 is 11.9. The molecular formula is C22H31NO4. The summed E-state index contributed by atoms with van der Waals surface area (Å²) in [5.74, 6) is 0.927. The van der Waals surface area contributed by atoms with Gasteiger partial charge >= 0.3 is 0 Å². The van der Waals surface area contributed by atoms with E-state index in [-0.39, 0.29) is 29.4 Å². The van der Waals surface area contributed by atoms with Crippen LogP contribution in [0.15, 0.2) is 24.3 Å². The van der Waals surface area contributed by atoms with Gasteiger partial charge in [0.25, 0.3) is 0 Å². The lowest BCUT2D eigenvalue weighted by Gasteiger charge is -2.49. The van der Waals surface area contributed by atoms with Crippen LogP contribution in [0, 0.1) is 11.3 Å². The Morgan fingerprint density at radius 2 is 2.04 bits per heavy atom. The lowest BCUT2D eigenvalue weighted by atomic mass is 9.66. The van der Waals surface area contributed by atoms with Crippen LogP contribution in [0.25, 0.3) is 0 Å². The van der Waals surface area contributed by atoms with E-state index >= 15 is 0 Å². The van der Waals surface area contributed by atoms with Crippen LogP contribution in [-0.4, -0.2) is 47.3 Å². The van der Waals surface area contributed by atoms with Crippen LogP contribution in [0.1, 0.15) is 58.1 Å². The van der Waals surface area contributed by atoms with E-state index in [1.165, 1.54) is 0 Å². The van der Waals surface area contributed by atoms with E-state index in [0.29, 0.717) is 32.6 Å². The minimum atomic E-state index is -0.672. The first kappa shape index (κ1) is 18.8. The average molecular weight is 373 g/mol. The number of amides is 1. The normalized spacial score (nSPS) is 32.7. The van der Waals surface area contributed by atoms with E-state index in [1.54, 1.807) is 0 Å². The third-order valence-corrected chi connectivity index (χ3v) is 6.24. The summed E-state index contributed by atoms with van der Waals surface area (Å²) in [5, 5.41) is 10.7. The lowest BCUT2D eigenvalue weighted by Crippen LogP contribution is -2.59. The van der Waals surface area contributed by atoms with Crippen LogP contribution >= 0.6 is 0 Å². The first-order chi connectivity index (χ1) is 12.8. The SMILES string of the molecule is CC(C)(C)CCC1(O)CC(C(=O)N2CCOC3c4ccccc4OCC32)C1. The van der Waals surface area contributed by atoms with Crippen LogP contribution in [-0.2, 0) is 9.53 Å². The first-order valence-corrected chi connectivity index (χ1v) is 10.1. The van der Waals surface area contributed by atoms with E-state index in [4.69, 9.17) is 9.47 Å². The van der Waals surface area contributed by atoms with Gasteiger partial charge in [-0.3, -0.25) is 4.79 Å². The number of morpholine rings is 1. The van der Waals surface area contributed by atoms with Crippen molar-refractivity contribution >= 4 is 5.91 Å². The largest absolute Gasteiger partial charge is 0.491 e. The van der Waals surface area contributed by atoms with Crippen LogP contribution in [0.2, 0.25) is 0 Å². The van der Waals surface area contributed by atoms with Crippen LogP contribution in [0.4, 0.5) is 0 Å². The van der Waals surface area contributed by atoms with E-state index in [0.717, 1.165) is 24.2 Å². The fraction of sp³-hybridized carbons (Fsp3) is 0.682. The molecule has 2 unspecified atom stereocenters. The molecule has 5 nitrogen and oxygen atoms in total. The maximum absolute atomic E-state index is 13.1. The predicted octanol–water partition coefficient (Wildman–Crippen LogP) is 3.31. The number of rotatable bonds is 3. The molecule has 2 atom stereocenters. The fourth-order valence-corrected chi connectivity index (χ4v) is 4.57. The Balaban J connectivity index is 1.40. The third-order valence-electron chi connectivity index (χ3n) is 6.24. The van der Waals surface area contributed by atoms with Gasteiger partial charge in [-0.15, -0.1) is 0 Å². The van der Waals surface area contributed by atoms with Crippen molar-refractivity contribution in [2.24, 2.45) is 11.3 Å². The Morgan fingerprint density at radius 3 is 2.78 bits per heavy atom. The number of fused-ring (bicyclic) bond motifs is 3. The number of para-hydroxylation sites is 1. The molecule has 27 heavy (non-hydrogen) atoms. The average Bonchev–Trinajstić information content (AvgIpc) is 2.62. The van der Waals surface area contributed by atoms with Crippen LogP contribution in [0.3, 0.4) is 0 Å². The van der Waals surface area contributed by atoms with E-state index in [1.807, 2.05) is 29.2 Å². The summed E-state index contributed by atoms with van der Waals surface area (Å²) in [6, 6.07) is 7.84. The monoisotopic (exact) mass is 373 g/mol. The number of carbonyl (C=O) groups is 1. The molecule has 0 bridgehead atoms. The number of hydrogen-bond acceptors (Lipinski definition) is 4. The first-order valence-electron chi connectivity index (χ1n) is 10.1. The zero-order chi connectivity index (χ0) is 19.2. The molecule has 1 N–H and O–H groups in total. The summed E-state index contributed by atoms with van der Waals surface area (Å²) in [7, 11) is 0. The Morgan fingerprint density at radius 1 is 1.30 bits per heavy atom. The summed E-state index contributed by atoms with van der Waals surface area (Å²) >= 11 is 0. The molecule has 1 aromatic rings. The molecule has 4 rings (SSSR count). The number of benzene rings is 1. The Bertz CT molecular complexity index is 705. The summed E-state index contributed by atoms with van der Waals surface area (Å²) in [6.45, 7) is 8.17. The molecule has 0 aromatic heterocycles. The van der Waals surface area contributed by atoms with Crippen molar-refractivity contribution in [1.82, 2.24) is 4.90 Å². The third kappa shape index (κ3) is 3.72. The summed E-state index contributed by atoms with van der Waals surface area (Å²) in [6.07, 6.45) is 2.78. The molecule has 1 amide bonds. The highest BCUT2D eigenvalue weighted by molar-refractivity contribution is 5.81. The van der Waals surface area contributed by atoms with E-state index in [9.17, 15) is 9.90 Å². The van der Waals surface area contributed by atoms with Crippen LogP contribution < -0.4 is 4.74 Å². The topological polar surface area (TPSA) is 59.0 Å². The molecule has 3 aliphatic rings. The highest BCUT2D eigenvalue weighted by Crippen LogP contribution is 2.45. The van der Waals surface area contributed by atoms with Crippen molar-refractivity contribution in [3.63, 3.8) is 0 Å². The molecule has 1 aliphatic carbocycles. The summed E-state index contributed by atoms with van der Waals surface area (Å²) in [5.41, 5.74) is 0.561. The second-order valence-corrected chi connectivity index (χ2v) is 9.63. The highest BCUT2D eigenvalue weighted by atomic mass is 16.5. The number of ether oxygens (including phenoxy) is 2. The molecule has 0 radical (unpaired) electrons. The molecule has 2 aliphatic heterocycles. The highest BCUT2D eigenvalue weighted by Gasteiger charge is 2.50. The Kier molecular flexibility index (Phi) is 4.71. The Labute approximate surface area is 161 Å². The van der Waals surface area contributed by atoms with Gasteiger partial charge in [-0.2, -0.15) is 0 Å². The molecule has 1 saturated carbocycles. The molecule has 2 fully saturated rings. The van der Waals surface area contributed by atoms with Crippen molar-refractivity contribution in [3.8, 4) is 5.75 Å². The Hall–Kier alpha value is -1.59. The number of nitrogens with zero attached hydrogens (tertiary/aromatic N) is 1. The minimum absolute atomic E-state index is 0.0779. The molecule has 0 spiro atoms. The number of carbonyl (C=O) groups excluding carboxylic acids is 1. The maximum Gasteiger partial charge on any atom is 0.226 e. The van der Waals surface area contributed by atoms with Gasteiger partial charge in [-0.05, 0) is 37.2 Å². The quantitative estimate of drug-likeness (QED) is 0.883. The number of aliphatic hydroxyl groups is 1. The number of hydrogen-bond donors (Lipinski definition) is 1. The van der Waals surface area contributed by atoms with Gasteiger partial charge in [0, 0.05) is 18.0 Å². The second-order valence-electron chi connectivity index (χ2n) is 9.63. The zero-order valence-corrected chi connectivity index (χ0v) is 16.6. The van der Waals surface area contributed by atoms with Gasteiger partial charge in [0.05, 0.1) is 18.2 Å². The van der Waals surface area contributed by atoms with Gasteiger partial charge in [0.15, 0.2) is 0 Å². The standard InChI is InChI=1S/C22H31NO4/c1-21(2,3)8-9-22(25)12-15(13-22)20(24)23-10-11-26-19-16-6-4-5-7-18(16)27-14-17(19)23/h4-7,15,17,19,25H,8-14H2,1-3H3. The maximum atomic E-state index is 13.1. The van der Waals surface area contributed by atoms with Crippen molar-refractivity contribution in [1.29, 1.82) is 0 Å². The zero-order valence-electron chi connectivity index (χ0n) is 16.6. The molecule has 1 aromatic carbocycles. The smallest absolute Gasteiger partial charge is 0.226 e. The van der Waals surface area contributed by atoms with Crippen molar-refractivity contribution in [2.75, 3.05) is 19.8 Å². The van der Waals surface area contributed by atoms with Gasteiger partial charge in [0.2, 0.25) is 5.91 Å². The van der Waals surface area contributed by atoms with E-state index in [2.05, 4.69) is 20.8 Å². The molecule has 148 valence electrons. The lowest BCUT2D eigenvalue weighted by molar-refractivity contribution is -0.170. The van der Waals surface area contributed by atoms with Gasteiger partial charge in [-0.1, -0.05) is 39.0 Å². The van der Waals surface area contributed by atoms with Crippen LogP contribution in [0.5, 0.6) is 5.75 Å².